The Kier molecular flexibility index (Phi) is 3.47. The largest absolute Gasteiger partial charge is 0.497 e. The van der Waals surface area contributed by atoms with Crippen LogP contribution in [0.1, 0.15) is 11.6 Å². The number of ether oxygens (including phenoxy) is 1. The highest BCUT2D eigenvalue weighted by Crippen LogP contribution is 2.19. The average molecular weight is 332 g/mol. The number of hydrogen-bond donors (Lipinski definition) is 0. The van der Waals surface area contributed by atoms with Crippen LogP contribution < -0.4 is 4.74 Å². The Bertz CT molecular complexity index is 783. The van der Waals surface area contributed by atoms with Crippen molar-refractivity contribution in [2.24, 2.45) is 0 Å². The van der Waals surface area contributed by atoms with Crippen LogP contribution in [0.4, 0.5) is 0 Å². The number of oxazole rings is 1. The Balaban J connectivity index is 1.89. The van der Waals surface area contributed by atoms with Crippen molar-refractivity contribution in [3.63, 3.8) is 0 Å². The number of pyridine rings is 2. The Morgan fingerprint density at radius 3 is 3.00 bits per heavy atom. The number of methoxy groups -OCH3 is 1. The van der Waals surface area contributed by atoms with Gasteiger partial charge in [0.15, 0.2) is 11.2 Å². The maximum atomic E-state index is 5.58. The molecule has 5 nitrogen and oxygen atoms in total. The smallest absolute Gasteiger partial charge is 0.221 e. The molecule has 0 N–H and O–H groups in total. The predicted octanol–water partition coefficient (Wildman–Crippen LogP) is 3.56. The molecular formula is C14H10BrN3O2. The molecule has 0 aromatic carbocycles. The van der Waals surface area contributed by atoms with E-state index in [1.165, 1.54) is 0 Å². The lowest BCUT2D eigenvalue weighted by molar-refractivity contribution is 0.414. The maximum absolute atomic E-state index is 5.58. The van der Waals surface area contributed by atoms with E-state index in [1.54, 1.807) is 31.6 Å². The number of rotatable bonds is 3. The van der Waals surface area contributed by atoms with Gasteiger partial charge in [-0.05, 0) is 28.1 Å². The van der Waals surface area contributed by atoms with E-state index >= 15 is 0 Å². The molecule has 0 aliphatic heterocycles. The van der Waals surface area contributed by atoms with Gasteiger partial charge < -0.3 is 9.15 Å². The van der Waals surface area contributed by atoms with E-state index in [4.69, 9.17) is 9.15 Å². The number of hydrogen-bond acceptors (Lipinski definition) is 5. The van der Waals surface area contributed by atoms with Crippen molar-refractivity contribution in [2.75, 3.05) is 7.11 Å². The summed E-state index contributed by atoms with van der Waals surface area (Å²) in [6.07, 6.45) is 6.92. The van der Waals surface area contributed by atoms with Crippen molar-refractivity contribution >= 4 is 39.3 Å². The second-order valence-corrected chi connectivity index (χ2v) is 4.90. The Hall–Kier alpha value is -2.21. The van der Waals surface area contributed by atoms with Crippen LogP contribution in [0, 0.1) is 0 Å². The normalized spacial score (nSPS) is 11.3. The summed E-state index contributed by atoms with van der Waals surface area (Å²) in [5.41, 5.74) is 1.98. The van der Waals surface area contributed by atoms with Gasteiger partial charge in [0.25, 0.3) is 0 Å². The summed E-state index contributed by atoms with van der Waals surface area (Å²) in [7, 11) is 1.62. The number of halogens is 1. The van der Waals surface area contributed by atoms with Crippen LogP contribution in [0.15, 0.2) is 39.5 Å². The molecule has 0 amide bonds. The summed E-state index contributed by atoms with van der Waals surface area (Å²) in [5, 5.41) is 0. The molecule has 0 unspecified atom stereocenters. The Morgan fingerprint density at radius 2 is 2.15 bits per heavy atom. The number of nitrogens with zero attached hydrogens (tertiary/aromatic N) is 3. The number of aromatic nitrogens is 3. The lowest BCUT2D eigenvalue weighted by atomic mass is 10.3. The van der Waals surface area contributed by atoms with Crippen LogP contribution in [-0.4, -0.2) is 22.1 Å². The van der Waals surface area contributed by atoms with Crippen LogP contribution in [0.25, 0.3) is 23.4 Å². The Morgan fingerprint density at radius 1 is 1.25 bits per heavy atom. The summed E-state index contributed by atoms with van der Waals surface area (Å²) in [6, 6.07) is 5.45. The third-order valence-corrected chi connectivity index (χ3v) is 3.05. The van der Waals surface area contributed by atoms with Crippen molar-refractivity contribution < 1.29 is 9.15 Å². The van der Waals surface area contributed by atoms with E-state index in [0.29, 0.717) is 17.1 Å². The highest BCUT2D eigenvalue weighted by molar-refractivity contribution is 9.10. The van der Waals surface area contributed by atoms with Crippen LogP contribution in [-0.2, 0) is 0 Å². The van der Waals surface area contributed by atoms with Crippen LogP contribution >= 0.6 is 15.9 Å². The summed E-state index contributed by atoms with van der Waals surface area (Å²) >= 11 is 3.34. The fourth-order valence-corrected chi connectivity index (χ4v) is 2.00. The van der Waals surface area contributed by atoms with E-state index < -0.39 is 0 Å². The zero-order valence-electron chi connectivity index (χ0n) is 10.6. The SMILES string of the molecule is COc1ccnc(C=Cc2nc3ncc(Br)cc3o2)c1. The molecule has 6 heteroatoms. The zero-order chi connectivity index (χ0) is 13.9. The van der Waals surface area contributed by atoms with Gasteiger partial charge >= 0.3 is 0 Å². The minimum Gasteiger partial charge on any atom is -0.497 e. The maximum Gasteiger partial charge on any atom is 0.221 e. The van der Waals surface area contributed by atoms with E-state index in [0.717, 1.165) is 15.9 Å². The van der Waals surface area contributed by atoms with Gasteiger partial charge in [-0.2, -0.15) is 4.98 Å². The van der Waals surface area contributed by atoms with Gasteiger partial charge in [0, 0.05) is 35.1 Å². The molecule has 0 atom stereocenters. The molecule has 3 heterocycles. The van der Waals surface area contributed by atoms with E-state index in [9.17, 15) is 0 Å². The molecule has 3 aromatic heterocycles. The molecule has 100 valence electrons. The van der Waals surface area contributed by atoms with Crippen molar-refractivity contribution in [1.29, 1.82) is 0 Å². The number of fused-ring (bicyclic) bond motifs is 1. The summed E-state index contributed by atoms with van der Waals surface area (Å²) < 4.78 is 11.6. The van der Waals surface area contributed by atoms with Gasteiger partial charge in [-0.3, -0.25) is 4.98 Å². The van der Waals surface area contributed by atoms with Gasteiger partial charge in [-0.25, -0.2) is 4.98 Å². The molecule has 0 aliphatic rings. The molecule has 3 aromatic rings. The van der Waals surface area contributed by atoms with E-state index in [2.05, 4.69) is 30.9 Å². The van der Waals surface area contributed by atoms with Gasteiger partial charge in [0.1, 0.15) is 5.75 Å². The fourth-order valence-electron chi connectivity index (χ4n) is 1.69. The molecule has 3 rings (SSSR count). The lowest BCUT2D eigenvalue weighted by Gasteiger charge is -1.98. The van der Waals surface area contributed by atoms with E-state index in [-0.39, 0.29) is 0 Å². The first-order valence-corrected chi connectivity index (χ1v) is 6.64. The van der Waals surface area contributed by atoms with Gasteiger partial charge in [0.2, 0.25) is 5.89 Å². The molecule has 0 radical (unpaired) electrons. The van der Waals surface area contributed by atoms with Gasteiger partial charge in [0.05, 0.1) is 12.8 Å². The van der Waals surface area contributed by atoms with Gasteiger partial charge in [-0.1, -0.05) is 0 Å². The zero-order valence-corrected chi connectivity index (χ0v) is 12.2. The second-order valence-electron chi connectivity index (χ2n) is 3.98. The molecule has 0 spiro atoms. The first-order valence-electron chi connectivity index (χ1n) is 5.85. The summed E-state index contributed by atoms with van der Waals surface area (Å²) in [5.74, 6) is 1.23. The minimum absolute atomic E-state index is 0.482. The molecular weight excluding hydrogens is 322 g/mol. The molecule has 0 aliphatic carbocycles. The standard InChI is InChI=1S/C14H10BrN3O2/c1-19-11-4-5-16-10(7-11)2-3-13-18-14-12(20-13)6-9(15)8-17-14/h2-8H,1H3. The molecule has 0 fully saturated rings. The highest BCUT2D eigenvalue weighted by atomic mass is 79.9. The second kappa shape index (κ2) is 5.42. The monoisotopic (exact) mass is 331 g/mol. The first kappa shape index (κ1) is 12.8. The van der Waals surface area contributed by atoms with Crippen molar-refractivity contribution in [1.82, 2.24) is 15.0 Å². The fraction of sp³-hybridized carbons (Fsp3) is 0.0714. The van der Waals surface area contributed by atoms with Crippen LogP contribution in [0.5, 0.6) is 5.75 Å². The molecule has 0 saturated heterocycles. The topological polar surface area (TPSA) is 61.0 Å². The van der Waals surface area contributed by atoms with Crippen LogP contribution in [0.2, 0.25) is 0 Å². The quantitative estimate of drug-likeness (QED) is 0.734. The molecule has 20 heavy (non-hydrogen) atoms. The third-order valence-electron chi connectivity index (χ3n) is 2.62. The lowest BCUT2D eigenvalue weighted by Crippen LogP contribution is -1.85. The third kappa shape index (κ3) is 2.70. The van der Waals surface area contributed by atoms with Gasteiger partial charge in [-0.15, -0.1) is 0 Å². The minimum atomic E-state index is 0.482. The summed E-state index contributed by atoms with van der Waals surface area (Å²) in [6.45, 7) is 0. The van der Waals surface area contributed by atoms with E-state index in [1.807, 2.05) is 18.2 Å². The van der Waals surface area contributed by atoms with Crippen molar-refractivity contribution in [3.8, 4) is 5.75 Å². The van der Waals surface area contributed by atoms with Crippen molar-refractivity contribution in [2.45, 2.75) is 0 Å². The summed E-state index contributed by atoms with van der Waals surface area (Å²) in [4.78, 5) is 12.6. The first-order chi connectivity index (χ1) is 9.74. The molecule has 0 bridgehead atoms. The molecule has 0 saturated carbocycles. The van der Waals surface area contributed by atoms with Crippen LogP contribution in [0.3, 0.4) is 0 Å². The Labute approximate surface area is 123 Å². The average Bonchev–Trinajstić information content (AvgIpc) is 2.87. The predicted molar refractivity (Wildman–Crippen MR) is 79.2 cm³/mol. The highest BCUT2D eigenvalue weighted by Gasteiger charge is 2.04. The van der Waals surface area contributed by atoms with Crippen molar-refractivity contribution in [3.05, 3.63) is 46.7 Å².